The highest BCUT2D eigenvalue weighted by Crippen LogP contribution is 2.34. The molecule has 0 fully saturated rings. The largest absolute Gasteiger partial charge is 0.310 e. The van der Waals surface area contributed by atoms with Crippen LogP contribution >= 0.6 is 0 Å². The summed E-state index contributed by atoms with van der Waals surface area (Å²) in [6.45, 7) is 0. The first kappa shape index (κ1) is 22.9. The van der Waals surface area contributed by atoms with Gasteiger partial charge in [0.05, 0.1) is 22.1 Å². The molecular formula is C38H28N2. The van der Waals surface area contributed by atoms with Gasteiger partial charge in [0.1, 0.15) is 0 Å². The van der Waals surface area contributed by atoms with Gasteiger partial charge in [0.25, 0.3) is 0 Å². The Morgan fingerprint density at radius 3 is 1.90 bits per heavy atom. The molecule has 6 aromatic rings. The number of hydrogen-bond acceptors (Lipinski definition) is 0. The van der Waals surface area contributed by atoms with E-state index in [0.717, 1.165) is 12.8 Å². The Morgan fingerprint density at radius 2 is 1.15 bits per heavy atom. The van der Waals surface area contributed by atoms with Crippen LogP contribution in [0.4, 0.5) is 0 Å². The third-order valence-corrected chi connectivity index (χ3v) is 8.17. The molecule has 0 unspecified atom stereocenters. The molecule has 0 N–H and O–H groups in total. The van der Waals surface area contributed by atoms with Crippen LogP contribution in [0.3, 0.4) is 0 Å². The topological polar surface area (TPSA) is 9.86 Å². The Kier molecular flexibility index (Phi) is 5.31. The summed E-state index contributed by atoms with van der Waals surface area (Å²) in [6.07, 6.45) is 19.9. The Labute approximate surface area is 233 Å². The highest BCUT2D eigenvalue weighted by molar-refractivity contribution is 5.96. The Bertz CT molecular complexity index is 2130. The van der Waals surface area contributed by atoms with Crippen molar-refractivity contribution in [2.45, 2.75) is 12.8 Å². The molecule has 0 saturated heterocycles. The molecule has 0 bridgehead atoms. The summed E-state index contributed by atoms with van der Waals surface area (Å²) < 4.78 is 4.78. The van der Waals surface area contributed by atoms with Crippen molar-refractivity contribution in [3.8, 4) is 22.5 Å². The lowest BCUT2D eigenvalue weighted by Gasteiger charge is -2.11. The summed E-state index contributed by atoms with van der Waals surface area (Å²) in [7, 11) is 0. The van der Waals surface area contributed by atoms with Gasteiger partial charge in [-0.2, -0.15) is 0 Å². The summed E-state index contributed by atoms with van der Waals surface area (Å²) in [5.74, 6) is 0. The molecular weight excluding hydrogens is 484 g/mol. The fourth-order valence-corrected chi connectivity index (χ4v) is 6.31. The van der Waals surface area contributed by atoms with Gasteiger partial charge in [-0.3, -0.25) is 0 Å². The average molecular weight is 513 g/mol. The lowest BCUT2D eigenvalue weighted by molar-refractivity contribution is 1.06. The van der Waals surface area contributed by atoms with Crippen LogP contribution in [0.2, 0.25) is 0 Å². The summed E-state index contributed by atoms with van der Waals surface area (Å²) in [6, 6.07) is 35.4. The maximum absolute atomic E-state index is 2.39. The summed E-state index contributed by atoms with van der Waals surface area (Å²) >= 11 is 0. The number of benzene rings is 4. The van der Waals surface area contributed by atoms with E-state index in [1.165, 1.54) is 66.1 Å². The Morgan fingerprint density at radius 1 is 0.525 bits per heavy atom. The number of hydrogen-bond donors (Lipinski definition) is 0. The van der Waals surface area contributed by atoms with Gasteiger partial charge in [-0.15, -0.1) is 0 Å². The van der Waals surface area contributed by atoms with Crippen LogP contribution in [0.5, 0.6) is 0 Å². The molecule has 2 aliphatic rings. The number of allylic oxidation sites excluding steroid dienone is 4. The van der Waals surface area contributed by atoms with Crippen molar-refractivity contribution in [2.75, 3.05) is 0 Å². The van der Waals surface area contributed by atoms with Gasteiger partial charge >= 0.3 is 0 Å². The second-order valence-corrected chi connectivity index (χ2v) is 10.5. The first-order valence-corrected chi connectivity index (χ1v) is 14.0. The molecule has 40 heavy (non-hydrogen) atoms. The van der Waals surface area contributed by atoms with Crippen molar-refractivity contribution in [1.29, 1.82) is 0 Å². The molecule has 8 rings (SSSR count). The second-order valence-electron chi connectivity index (χ2n) is 10.5. The van der Waals surface area contributed by atoms with E-state index < -0.39 is 0 Å². The summed E-state index contributed by atoms with van der Waals surface area (Å²) in [4.78, 5) is 0. The molecule has 2 nitrogen and oxygen atoms in total. The van der Waals surface area contributed by atoms with Crippen LogP contribution in [0.1, 0.15) is 24.1 Å². The zero-order valence-electron chi connectivity index (χ0n) is 22.2. The minimum Gasteiger partial charge on any atom is -0.310 e. The normalized spacial score (nSPS) is 13.9. The molecule has 0 radical (unpaired) electrons. The number of aromatic nitrogens is 2. The fourth-order valence-electron chi connectivity index (χ4n) is 6.31. The molecule has 0 spiro atoms. The van der Waals surface area contributed by atoms with Crippen molar-refractivity contribution in [3.63, 3.8) is 0 Å². The molecule has 2 heteroatoms. The lowest BCUT2D eigenvalue weighted by atomic mass is 10.0. The SMILES string of the molecule is C1=CCC=c2c(c3ccccc3n2-c2ccc(-c3ccc(-n4c5c(c6ccccc64)C=CCC=C5)cc3)cc2)=C1. The van der Waals surface area contributed by atoms with Crippen molar-refractivity contribution in [2.24, 2.45) is 0 Å². The van der Waals surface area contributed by atoms with Gasteiger partial charge in [-0.25, -0.2) is 0 Å². The number of para-hydroxylation sites is 2. The highest BCUT2D eigenvalue weighted by Gasteiger charge is 2.16. The van der Waals surface area contributed by atoms with E-state index in [4.69, 9.17) is 0 Å². The predicted molar refractivity (Wildman–Crippen MR) is 170 cm³/mol. The average Bonchev–Trinajstić information content (AvgIpc) is 3.21. The van der Waals surface area contributed by atoms with E-state index in [9.17, 15) is 0 Å². The van der Waals surface area contributed by atoms with Crippen LogP contribution in [0, 0.1) is 0 Å². The fraction of sp³-hybridized carbons (Fsp3) is 0.0526. The molecule has 4 aromatic carbocycles. The smallest absolute Gasteiger partial charge is 0.0541 e. The minimum absolute atomic E-state index is 0.941. The van der Waals surface area contributed by atoms with Crippen molar-refractivity contribution >= 4 is 46.1 Å². The molecule has 190 valence electrons. The van der Waals surface area contributed by atoms with Crippen molar-refractivity contribution in [3.05, 3.63) is 143 Å². The van der Waals surface area contributed by atoms with Crippen LogP contribution < -0.4 is 10.6 Å². The number of nitrogens with zero attached hydrogens (tertiary/aromatic N) is 2. The van der Waals surface area contributed by atoms with Crippen molar-refractivity contribution in [1.82, 2.24) is 9.13 Å². The summed E-state index contributed by atoms with van der Waals surface area (Å²) in [5.41, 5.74) is 9.82. The maximum atomic E-state index is 2.39. The third-order valence-electron chi connectivity index (χ3n) is 8.17. The van der Waals surface area contributed by atoms with Crippen LogP contribution in [-0.2, 0) is 0 Å². The maximum Gasteiger partial charge on any atom is 0.0541 e. The second kappa shape index (κ2) is 9.29. The predicted octanol–water partition coefficient (Wildman–Crippen LogP) is 8.19. The zero-order valence-corrected chi connectivity index (χ0v) is 22.2. The molecule has 2 aromatic heterocycles. The van der Waals surface area contributed by atoms with Crippen molar-refractivity contribution < 1.29 is 0 Å². The van der Waals surface area contributed by atoms with Gasteiger partial charge in [0.2, 0.25) is 0 Å². The van der Waals surface area contributed by atoms with E-state index in [1.54, 1.807) is 0 Å². The standard InChI is InChI=1S/C38H28N2/c1-3-11-31-33-13-7-9-17-37(33)39(35(31)15-5-1)29-23-19-27(20-24-29)28-21-25-30(26-22-28)40-36-16-6-2-4-12-32(36)34-14-8-10-18-38(34)40/h1,3-4,6-26H,2,5H2. The minimum atomic E-state index is 0.941. The molecule has 0 aliphatic heterocycles. The first-order valence-electron chi connectivity index (χ1n) is 14.0. The van der Waals surface area contributed by atoms with E-state index in [-0.39, 0.29) is 0 Å². The number of rotatable bonds is 3. The van der Waals surface area contributed by atoms with Gasteiger partial charge < -0.3 is 9.13 Å². The van der Waals surface area contributed by atoms with Crippen LogP contribution in [-0.4, -0.2) is 9.13 Å². The number of fused-ring (bicyclic) bond motifs is 6. The zero-order chi connectivity index (χ0) is 26.5. The van der Waals surface area contributed by atoms with E-state index in [0.29, 0.717) is 0 Å². The molecule has 2 aliphatic carbocycles. The third kappa shape index (κ3) is 3.57. The van der Waals surface area contributed by atoms with Crippen LogP contribution in [0.25, 0.3) is 68.6 Å². The van der Waals surface area contributed by atoms with Gasteiger partial charge in [0, 0.05) is 32.9 Å². The van der Waals surface area contributed by atoms with E-state index >= 15 is 0 Å². The molecule has 0 atom stereocenters. The van der Waals surface area contributed by atoms with Crippen LogP contribution in [0.15, 0.2) is 121 Å². The van der Waals surface area contributed by atoms with Gasteiger partial charge in [-0.1, -0.05) is 103 Å². The van der Waals surface area contributed by atoms with E-state index in [2.05, 4.69) is 155 Å². The monoisotopic (exact) mass is 512 g/mol. The quantitative estimate of drug-likeness (QED) is 0.226. The van der Waals surface area contributed by atoms with Gasteiger partial charge in [-0.05, 0) is 66.4 Å². The lowest BCUT2D eigenvalue weighted by Crippen LogP contribution is -2.27. The Balaban J connectivity index is 1.19. The Hall–Kier alpha value is -5.08. The molecule has 0 amide bonds. The molecule has 0 saturated carbocycles. The first-order chi connectivity index (χ1) is 19.9. The highest BCUT2D eigenvalue weighted by atomic mass is 15.0. The van der Waals surface area contributed by atoms with E-state index in [1.807, 2.05) is 0 Å². The summed E-state index contributed by atoms with van der Waals surface area (Å²) in [5, 5.41) is 5.15. The van der Waals surface area contributed by atoms with Gasteiger partial charge in [0.15, 0.2) is 0 Å². The molecule has 2 heterocycles.